The normalized spacial score (nSPS) is 34.0. The molecule has 1 amide bonds. The molecule has 0 radical (unpaired) electrons. The summed E-state index contributed by atoms with van der Waals surface area (Å²) in [6.45, 7) is 3.80. The zero-order valence-electron chi connectivity index (χ0n) is 16.3. The first kappa shape index (κ1) is 18.6. The zero-order chi connectivity index (χ0) is 19.5. The molecule has 1 aromatic rings. The molecule has 2 bridgehead atoms. The fourth-order valence-corrected chi connectivity index (χ4v) is 6.89. The summed E-state index contributed by atoms with van der Waals surface area (Å²) in [5.74, 6) is 0.535. The lowest BCUT2D eigenvalue weighted by molar-refractivity contribution is -0.131. The molecule has 4 atom stereocenters. The molecule has 28 heavy (non-hydrogen) atoms. The van der Waals surface area contributed by atoms with Crippen molar-refractivity contribution in [3.8, 4) is 0 Å². The molecular formula is C21H28N2O4S. The zero-order valence-corrected chi connectivity index (χ0v) is 17.1. The number of amides is 1. The number of rotatable bonds is 6. The van der Waals surface area contributed by atoms with Crippen LogP contribution in [-0.4, -0.2) is 55.8 Å². The Balaban J connectivity index is 1.26. The summed E-state index contributed by atoms with van der Waals surface area (Å²) in [4.78, 5) is 14.9. The van der Waals surface area contributed by atoms with E-state index in [4.69, 9.17) is 4.74 Å². The van der Waals surface area contributed by atoms with Crippen LogP contribution in [0, 0.1) is 18.8 Å². The van der Waals surface area contributed by atoms with E-state index in [9.17, 15) is 13.2 Å². The molecule has 3 heterocycles. The highest BCUT2D eigenvalue weighted by molar-refractivity contribution is 7.90. The van der Waals surface area contributed by atoms with E-state index in [-0.39, 0.29) is 34.7 Å². The molecule has 1 N–H and O–H groups in total. The molecular weight excluding hydrogens is 376 g/mol. The van der Waals surface area contributed by atoms with Gasteiger partial charge in [-0.05, 0) is 38.2 Å². The number of hydrogen-bond donors (Lipinski definition) is 1. The Hall–Kier alpha value is -1.44. The maximum Gasteiger partial charge on any atom is 0.227 e. The SMILES string of the molecule is Cc1cccc(CC(=O)N2C[C@@H]3[C@H](CNS(=O)(=O)C4CC4)[C@H]4CC[C@]3(C2)O4)c1. The van der Waals surface area contributed by atoms with E-state index < -0.39 is 10.0 Å². The van der Waals surface area contributed by atoms with Gasteiger partial charge in [0.1, 0.15) is 0 Å². The smallest absolute Gasteiger partial charge is 0.227 e. The molecule has 0 unspecified atom stereocenters. The van der Waals surface area contributed by atoms with E-state index in [1.54, 1.807) is 0 Å². The second-order valence-corrected chi connectivity index (χ2v) is 11.1. The van der Waals surface area contributed by atoms with Crippen LogP contribution in [0.1, 0.15) is 36.8 Å². The standard InChI is InChI=1S/C21H28N2O4S/c1-14-3-2-4-15(9-14)10-20(24)23-12-18-17(11-22-28(25,26)16-5-6-16)19-7-8-21(18,13-23)27-19/h2-4,9,16-19,22H,5-8,10-13H2,1H3/t17-,18+,19+,21+/m0/s1. The number of carbonyl (C=O) groups is 1. The summed E-state index contributed by atoms with van der Waals surface area (Å²) in [7, 11) is -3.18. The van der Waals surface area contributed by atoms with Crippen molar-refractivity contribution >= 4 is 15.9 Å². The van der Waals surface area contributed by atoms with Crippen molar-refractivity contribution in [2.75, 3.05) is 19.6 Å². The van der Waals surface area contributed by atoms with Gasteiger partial charge in [-0.15, -0.1) is 0 Å². The average Bonchev–Trinajstić information content (AvgIpc) is 3.25. The van der Waals surface area contributed by atoms with E-state index in [1.165, 1.54) is 0 Å². The van der Waals surface area contributed by atoms with Crippen molar-refractivity contribution in [3.05, 3.63) is 35.4 Å². The van der Waals surface area contributed by atoms with Crippen LogP contribution in [0.5, 0.6) is 0 Å². The quantitative estimate of drug-likeness (QED) is 0.782. The van der Waals surface area contributed by atoms with Gasteiger partial charge >= 0.3 is 0 Å². The van der Waals surface area contributed by atoms with Crippen LogP contribution in [0.4, 0.5) is 0 Å². The Labute approximate surface area is 166 Å². The summed E-state index contributed by atoms with van der Waals surface area (Å²) in [6.07, 6.45) is 4.02. The van der Waals surface area contributed by atoms with E-state index in [0.717, 1.165) is 36.8 Å². The Morgan fingerprint density at radius 3 is 2.89 bits per heavy atom. The minimum Gasteiger partial charge on any atom is -0.369 e. The number of hydrogen-bond acceptors (Lipinski definition) is 4. The van der Waals surface area contributed by atoms with Gasteiger partial charge in [0, 0.05) is 24.9 Å². The van der Waals surface area contributed by atoms with Crippen LogP contribution < -0.4 is 4.72 Å². The van der Waals surface area contributed by atoms with Crippen LogP contribution in [-0.2, 0) is 26.0 Å². The fraction of sp³-hybridized carbons (Fsp3) is 0.667. The average molecular weight is 405 g/mol. The summed E-state index contributed by atoms with van der Waals surface area (Å²) in [6, 6.07) is 8.08. The molecule has 1 saturated carbocycles. The molecule has 1 aromatic carbocycles. The van der Waals surface area contributed by atoms with E-state index in [0.29, 0.717) is 26.1 Å². The van der Waals surface area contributed by atoms with Gasteiger partial charge in [-0.3, -0.25) is 4.79 Å². The van der Waals surface area contributed by atoms with Crippen LogP contribution in [0.3, 0.4) is 0 Å². The van der Waals surface area contributed by atoms with E-state index in [2.05, 4.69) is 10.8 Å². The lowest BCUT2D eigenvalue weighted by Crippen LogP contribution is -2.42. The highest BCUT2D eigenvalue weighted by atomic mass is 32.2. The molecule has 3 aliphatic heterocycles. The van der Waals surface area contributed by atoms with Crippen molar-refractivity contribution in [1.29, 1.82) is 0 Å². The summed E-state index contributed by atoms with van der Waals surface area (Å²) in [5, 5.41) is -0.197. The van der Waals surface area contributed by atoms with Gasteiger partial charge in [0.25, 0.3) is 0 Å². The lowest BCUT2D eigenvalue weighted by atomic mass is 9.74. The lowest BCUT2D eigenvalue weighted by Gasteiger charge is -2.29. The second kappa shape index (κ2) is 6.54. The van der Waals surface area contributed by atoms with Crippen molar-refractivity contribution < 1.29 is 17.9 Å². The molecule has 6 nitrogen and oxygen atoms in total. The summed E-state index contributed by atoms with van der Waals surface area (Å²) < 4.78 is 33.7. The first-order valence-corrected chi connectivity index (χ1v) is 11.9. The number of likely N-dealkylation sites (tertiary alicyclic amines) is 1. The van der Waals surface area contributed by atoms with E-state index >= 15 is 0 Å². The van der Waals surface area contributed by atoms with Gasteiger partial charge in [-0.25, -0.2) is 13.1 Å². The number of nitrogens with zero attached hydrogens (tertiary/aromatic N) is 1. The van der Waals surface area contributed by atoms with Crippen molar-refractivity contribution in [1.82, 2.24) is 9.62 Å². The molecule has 1 spiro atoms. The minimum absolute atomic E-state index is 0.126. The topological polar surface area (TPSA) is 75.7 Å². The predicted molar refractivity (Wildman–Crippen MR) is 105 cm³/mol. The van der Waals surface area contributed by atoms with Gasteiger partial charge in [-0.1, -0.05) is 29.8 Å². The van der Waals surface area contributed by atoms with Crippen LogP contribution >= 0.6 is 0 Å². The molecule has 5 rings (SSSR count). The molecule has 4 aliphatic rings. The van der Waals surface area contributed by atoms with Gasteiger partial charge in [-0.2, -0.15) is 0 Å². The maximum absolute atomic E-state index is 12.9. The predicted octanol–water partition coefficient (Wildman–Crippen LogP) is 1.63. The Morgan fingerprint density at radius 2 is 2.14 bits per heavy atom. The monoisotopic (exact) mass is 404 g/mol. The van der Waals surface area contributed by atoms with Crippen molar-refractivity contribution in [3.63, 3.8) is 0 Å². The number of carbonyl (C=O) groups excluding carboxylic acids is 1. The van der Waals surface area contributed by atoms with Gasteiger partial charge < -0.3 is 9.64 Å². The molecule has 1 aliphatic carbocycles. The molecule has 3 saturated heterocycles. The number of fused-ring (bicyclic) bond motifs is 1. The van der Waals surface area contributed by atoms with Gasteiger partial charge in [0.05, 0.1) is 29.9 Å². The summed E-state index contributed by atoms with van der Waals surface area (Å²) in [5.41, 5.74) is 1.94. The van der Waals surface area contributed by atoms with E-state index in [1.807, 2.05) is 30.0 Å². The van der Waals surface area contributed by atoms with Gasteiger partial charge in [0.2, 0.25) is 15.9 Å². The number of sulfonamides is 1. The highest BCUT2D eigenvalue weighted by Gasteiger charge is 2.63. The highest BCUT2D eigenvalue weighted by Crippen LogP contribution is 2.54. The molecule has 7 heteroatoms. The fourth-order valence-electron chi connectivity index (χ4n) is 5.47. The van der Waals surface area contributed by atoms with Crippen molar-refractivity contribution in [2.45, 2.75) is 56.0 Å². The third-order valence-corrected chi connectivity index (χ3v) is 8.98. The molecule has 4 fully saturated rings. The molecule has 152 valence electrons. The first-order chi connectivity index (χ1) is 13.4. The Bertz CT molecular complexity index is 897. The number of ether oxygens (including phenoxy) is 1. The minimum atomic E-state index is -3.18. The Morgan fingerprint density at radius 1 is 1.32 bits per heavy atom. The first-order valence-electron chi connectivity index (χ1n) is 10.4. The number of nitrogens with one attached hydrogen (secondary N) is 1. The van der Waals surface area contributed by atoms with Gasteiger partial charge in [0.15, 0.2) is 0 Å². The Kier molecular flexibility index (Phi) is 4.34. The molecule has 0 aromatic heterocycles. The second-order valence-electron chi connectivity index (χ2n) is 9.06. The third kappa shape index (κ3) is 3.17. The van der Waals surface area contributed by atoms with Crippen LogP contribution in [0.2, 0.25) is 0 Å². The van der Waals surface area contributed by atoms with Crippen LogP contribution in [0.25, 0.3) is 0 Å². The number of benzene rings is 1. The van der Waals surface area contributed by atoms with Crippen molar-refractivity contribution in [2.24, 2.45) is 11.8 Å². The number of aryl methyl sites for hydroxylation is 1. The third-order valence-electron chi connectivity index (χ3n) is 7.06. The largest absolute Gasteiger partial charge is 0.369 e. The van der Waals surface area contributed by atoms with Crippen LogP contribution in [0.15, 0.2) is 24.3 Å². The summed E-state index contributed by atoms with van der Waals surface area (Å²) >= 11 is 0. The maximum atomic E-state index is 12.9.